The summed E-state index contributed by atoms with van der Waals surface area (Å²) in [5, 5.41) is 23.4. The van der Waals surface area contributed by atoms with Gasteiger partial charge in [0, 0.05) is 51.3 Å². The fourth-order valence-corrected chi connectivity index (χ4v) is 5.46. The Morgan fingerprint density at radius 3 is 2.68 bits per heavy atom. The highest BCUT2D eigenvalue weighted by molar-refractivity contribution is 14.1. The molecule has 1 aliphatic carbocycles. The number of hydrogen-bond donors (Lipinski definition) is 3. The third-order valence-corrected chi connectivity index (χ3v) is 7.93. The number of nitrogens with zero attached hydrogens (tertiary/aromatic N) is 2. The van der Waals surface area contributed by atoms with Crippen LogP contribution in [0.5, 0.6) is 5.75 Å². The first-order valence-corrected chi connectivity index (χ1v) is 13.9. The van der Waals surface area contributed by atoms with Crippen LogP contribution in [0, 0.1) is 9.49 Å². The summed E-state index contributed by atoms with van der Waals surface area (Å²) in [7, 11) is 0. The Morgan fingerprint density at radius 1 is 1.19 bits per heavy atom. The van der Waals surface area contributed by atoms with Gasteiger partial charge in [-0.1, -0.05) is 12.1 Å². The van der Waals surface area contributed by atoms with E-state index in [1.54, 1.807) is 11.0 Å². The number of aliphatic hydroxyl groups is 2. The SMILES string of the molecule is O=C(NCCO)C1=CC(Oc2ccccc2I)C(O)C(N(CCN2CCOCC2)C(=O)C2CCOC2)C1. The summed E-state index contributed by atoms with van der Waals surface area (Å²) in [4.78, 5) is 30.7. The molecule has 2 heterocycles. The van der Waals surface area contributed by atoms with Crippen molar-refractivity contribution in [3.63, 3.8) is 0 Å². The molecule has 2 aliphatic heterocycles. The van der Waals surface area contributed by atoms with Crippen LogP contribution in [-0.2, 0) is 19.1 Å². The molecule has 4 rings (SSSR count). The third kappa shape index (κ3) is 7.42. The number of para-hydroxylation sites is 1. The molecule has 11 heteroatoms. The number of hydrogen-bond acceptors (Lipinski definition) is 8. The molecule has 0 radical (unpaired) electrons. The van der Waals surface area contributed by atoms with Crippen LogP contribution in [0.3, 0.4) is 0 Å². The lowest BCUT2D eigenvalue weighted by Gasteiger charge is -2.42. The second kappa shape index (κ2) is 13.9. The molecule has 1 aromatic carbocycles. The maximum absolute atomic E-state index is 13.7. The van der Waals surface area contributed by atoms with E-state index in [0.29, 0.717) is 57.3 Å². The lowest BCUT2D eigenvalue weighted by molar-refractivity contribution is -0.143. The zero-order valence-electron chi connectivity index (χ0n) is 20.9. The minimum atomic E-state index is -1.04. The molecule has 0 saturated carbocycles. The number of ether oxygens (including phenoxy) is 3. The zero-order valence-corrected chi connectivity index (χ0v) is 23.0. The van der Waals surface area contributed by atoms with Gasteiger partial charge in [-0.25, -0.2) is 0 Å². The minimum Gasteiger partial charge on any atom is -0.482 e. The van der Waals surface area contributed by atoms with E-state index in [0.717, 1.165) is 16.7 Å². The average Bonchev–Trinajstić information content (AvgIpc) is 3.46. The standard InChI is InChI=1S/C26H36IN3O7/c27-20-3-1-2-4-22(20)37-23-16-19(25(33)28-6-11-31)15-21(24(23)32)30(26(34)18-5-12-36-17-18)8-7-29-9-13-35-14-10-29/h1-4,16,18,21,23-24,31-32H,5-15,17H2,(H,28,33). The van der Waals surface area contributed by atoms with Gasteiger partial charge >= 0.3 is 0 Å². The Balaban J connectivity index is 1.60. The summed E-state index contributed by atoms with van der Waals surface area (Å²) in [5.41, 5.74) is 0.423. The number of benzene rings is 1. The van der Waals surface area contributed by atoms with Crippen LogP contribution in [0.25, 0.3) is 0 Å². The van der Waals surface area contributed by atoms with E-state index in [1.165, 1.54) is 0 Å². The Morgan fingerprint density at radius 2 is 1.97 bits per heavy atom. The van der Waals surface area contributed by atoms with Crippen molar-refractivity contribution in [3.05, 3.63) is 39.5 Å². The highest BCUT2D eigenvalue weighted by Crippen LogP contribution is 2.31. The van der Waals surface area contributed by atoms with E-state index in [4.69, 9.17) is 14.2 Å². The summed E-state index contributed by atoms with van der Waals surface area (Å²) >= 11 is 2.16. The molecule has 37 heavy (non-hydrogen) atoms. The molecule has 0 aromatic heterocycles. The monoisotopic (exact) mass is 629 g/mol. The van der Waals surface area contributed by atoms with Gasteiger partial charge in [-0.15, -0.1) is 0 Å². The Kier molecular flexibility index (Phi) is 10.6. The van der Waals surface area contributed by atoms with Crippen molar-refractivity contribution in [2.75, 3.05) is 65.8 Å². The van der Waals surface area contributed by atoms with Crippen molar-refractivity contribution < 1.29 is 34.0 Å². The van der Waals surface area contributed by atoms with Gasteiger partial charge in [0.15, 0.2) is 0 Å². The molecule has 0 spiro atoms. The van der Waals surface area contributed by atoms with E-state index < -0.39 is 18.2 Å². The van der Waals surface area contributed by atoms with Crippen LogP contribution >= 0.6 is 22.6 Å². The van der Waals surface area contributed by atoms with Crippen LogP contribution in [-0.4, -0.2) is 116 Å². The fourth-order valence-electron chi connectivity index (χ4n) is 4.94. The first-order valence-electron chi connectivity index (χ1n) is 12.8. The highest BCUT2D eigenvalue weighted by atomic mass is 127. The highest BCUT2D eigenvalue weighted by Gasteiger charge is 2.42. The topological polar surface area (TPSA) is 121 Å². The van der Waals surface area contributed by atoms with Crippen molar-refractivity contribution >= 4 is 34.4 Å². The first-order chi connectivity index (χ1) is 18.0. The number of morpholine rings is 1. The normalized spacial score (nSPS) is 26.4. The fraction of sp³-hybridized carbons (Fsp3) is 0.615. The lowest BCUT2D eigenvalue weighted by atomic mass is 9.87. The quantitative estimate of drug-likeness (QED) is 0.319. The predicted molar refractivity (Wildman–Crippen MR) is 144 cm³/mol. The number of carbonyl (C=O) groups is 2. The molecule has 3 aliphatic rings. The maximum Gasteiger partial charge on any atom is 0.247 e. The predicted octanol–water partition coefficient (Wildman–Crippen LogP) is 0.404. The molecule has 2 amide bonds. The third-order valence-electron chi connectivity index (χ3n) is 7.04. The maximum atomic E-state index is 13.7. The first kappa shape index (κ1) is 28.2. The number of halogens is 1. The van der Waals surface area contributed by atoms with E-state index in [-0.39, 0.29) is 37.3 Å². The van der Waals surface area contributed by atoms with Gasteiger partial charge in [-0.2, -0.15) is 0 Å². The molecule has 4 atom stereocenters. The summed E-state index contributed by atoms with van der Waals surface area (Å²) < 4.78 is 18.0. The van der Waals surface area contributed by atoms with Crippen LogP contribution in [0.15, 0.2) is 35.9 Å². The van der Waals surface area contributed by atoms with Crippen molar-refractivity contribution in [1.82, 2.24) is 15.1 Å². The summed E-state index contributed by atoms with van der Waals surface area (Å²) in [6, 6.07) is 6.81. The largest absolute Gasteiger partial charge is 0.482 e. The molecule has 204 valence electrons. The second-order valence-electron chi connectivity index (χ2n) is 9.49. The molecule has 10 nitrogen and oxygen atoms in total. The van der Waals surface area contributed by atoms with Gasteiger partial charge < -0.3 is 34.6 Å². The van der Waals surface area contributed by atoms with Crippen molar-refractivity contribution in [2.24, 2.45) is 5.92 Å². The zero-order chi connectivity index (χ0) is 26.2. The summed E-state index contributed by atoms with van der Waals surface area (Å²) in [5.74, 6) is -0.0922. The van der Waals surface area contributed by atoms with Gasteiger partial charge in [0.25, 0.3) is 0 Å². The van der Waals surface area contributed by atoms with Crippen LogP contribution in [0.1, 0.15) is 12.8 Å². The molecular weight excluding hydrogens is 593 g/mol. The second-order valence-corrected chi connectivity index (χ2v) is 10.7. The number of nitrogens with one attached hydrogen (secondary N) is 1. The van der Waals surface area contributed by atoms with Gasteiger partial charge in [0.05, 0.1) is 42.0 Å². The number of carbonyl (C=O) groups excluding carboxylic acids is 2. The van der Waals surface area contributed by atoms with Gasteiger partial charge in [-0.3, -0.25) is 14.5 Å². The molecule has 2 fully saturated rings. The minimum absolute atomic E-state index is 0.0696. The molecule has 3 N–H and O–H groups in total. The van der Waals surface area contributed by atoms with E-state index in [2.05, 4.69) is 32.8 Å². The van der Waals surface area contributed by atoms with Crippen LogP contribution in [0.4, 0.5) is 0 Å². The summed E-state index contributed by atoms with van der Waals surface area (Å²) in [6.07, 6.45) is 0.592. The van der Waals surface area contributed by atoms with Gasteiger partial charge in [-0.05, 0) is 47.2 Å². The Hall–Kier alpha value is -1.77. The Labute approximate surface area is 231 Å². The molecular formula is C26H36IN3O7. The van der Waals surface area contributed by atoms with E-state index in [1.807, 2.05) is 24.3 Å². The number of aliphatic hydroxyl groups excluding tert-OH is 2. The van der Waals surface area contributed by atoms with Crippen LogP contribution < -0.4 is 10.1 Å². The van der Waals surface area contributed by atoms with Crippen molar-refractivity contribution in [1.29, 1.82) is 0 Å². The number of rotatable bonds is 10. The van der Waals surface area contributed by atoms with E-state index >= 15 is 0 Å². The van der Waals surface area contributed by atoms with Gasteiger partial charge in [0.1, 0.15) is 18.0 Å². The molecule has 4 unspecified atom stereocenters. The molecule has 0 bridgehead atoms. The molecule has 1 aromatic rings. The molecule has 2 saturated heterocycles. The van der Waals surface area contributed by atoms with Gasteiger partial charge in [0.2, 0.25) is 11.8 Å². The number of amides is 2. The smallest absolute Gasteiger partial charge is 0.247 e. The van der Waals surface area contributed by atoms with E-state index in [9.17, 15) is 19.8 Å². The average molecular weight is 629 g/mol. The lowest BCUT2D eigenvalue weighted by Crippen LogP contribution is -2.57. The van der Waals surface area contributed by atoms with Crippen LogP contribution in [0.2, 0.25) is 0 Å². The summed E-state index contributed by atoms with van der Waals surface area (Å²) in [6.45, 7) is 4.76. The Bertz CT molecular complexity index is 950. The van der Waals surface area contributed by atoms with Crippen molar-refractivity contribution in [3.8, 4) is 5.75 Å². The van der Waals surface area contributed by atoms with Crippen molar-refractivity contribution in [2.45, 2.75) is 31.1 Å².